The van der Waals surface area contributed by atoms with Crippen LogP contribution in [0.5, 0.6) is 0 Å². The lowest BCUT2D eigenvalue weighted by atomic mass is 10.2. The lowest BCUT2D eigenvalue weighted by molar-refractivity contribution is 0.281. The zero-order chi connectivity index (χ0) is 15.5. The Hall–Kier alpha value is -2.60. The molecule has 3 N–H and O–H groups in total. The van der Waals surface area contributed by atoms with E-state index in [1.165, 1.54) is 5.56 Å². The number of fused-ring (bicyclic) bond motifs is 1. The van der Waals surface area contributed by atoms with Gasteiger partial charge in [-0.1, -0.05) is 23.8 Å². The first kappa shape index (κ1) is 14.3. The van der Waals surface area contributed by atoms with Gasteiger partial charge in [0, 0.05) is 11.7 Å². The van der Waals surface area contributed by atoms with Crippen molar-refractivity contribution < 1.29 is 5.11 Å². The van der Waals surface area contributed by atoms with Crippen molar-refractivity contribution in [2.75, 3.05) is 17.2 Å². The molecule has 2 aromatic heterocycles. The molecule has 1 aromatic carbocycles. The second-order valence-electron chi connectivity index (χ2n) is 5.34. The zero-order valence-electron chi connectivity index (χ0n) is 12.6. The highest BCUT2D eigenvalue weighted by Gasteiger charge is 2.09. The molecule has 0 fully saturated rings. The van der Waals surface area contributed by atoms with E-state index in [1.54, 1.807) is 4.52 Å². The van der Waals surface area contributed by atoms with E-state index >= 15 is 0 Å². The third-order valence-corrected chi connectivity index (χ3v) is 3.34. The van der Waals surface area contributed by atoms with Gasteiger partial charge in [0.15, 0.2) is 5.65 Å². The van der Waals surface area contributed by atoms with E-state index in [2.05, 4.69) is 20.7 Å². The average molecular weight is 297 g/mol. The van der Waals surface area contributed by atoms with Gasteiger partial charge >= 0.3 is 0 Å². The molecule has 0 amide bonds. The molecule has 0 bridgehead atoms. The van der Waals surface area contributed by atoms with Gasteiger partial charge in [-0.2, -0.15) is 9.50 Å². The second kappa shape index (κ2) is 6.03. The molecule has 0 saturated heterocycles. The van der Waals surface area contributed by atoms with Crippen LogP contribution in [0, 0.1) is 6.92 Å². The number of nitrogens with zero attached hydrogens (tertiary/aromatic N) is 3. The van der Waals surface area contributed by atoms with E-state index in [1.807, 2.05) is 56.3 Å². The smallest absolute Gasteiger partial charge is 0.247 e. The number of anilines is 3. The van der Waals surface area contributed by atoms with Gasteiger partial charge in [-0.25, -0.2) is 0 Å². The van der Waals surface area contributed by atoms with E-state index < -0.39 is 0 Å². The Morgan fingerprint density at radius 2 is 1.95 bits per heavy atom. The number of pyridine rings is 1. The van der Waals surface area contributed by atoms with Crippen LogP contribution in [0.15, 0.2) is 42.5 Å². The second-order valence-corrected chi connectivity index (χ2v) is 5.34. The summed E-state index contributed by atoms with van der Waals surface area (Å²) < 4.78 is 1.72. The van der Waals surface area contributed by atoms with Crippen LogP contribution in [0.2, 0.25) is 0 Å². The Kier molecular flexibility index (Phi) is 3.93. The molecule has 3 rings (SSSR count). The van der Waals surface area contributed by atoms with Crippen molar-refractivity contribution in [2.24, 2.45) is 0 Å². The maximum atomic E-state index is 9.17. The minimum atomic E-state index is -0.0525. The number of nitrogens with one attached hydrogen (secondary N) is 2. The van der Waals surface area contributed by atoms with Crippen LogP contribution in [0.3, 0.4) is 0 Å². The van der Waals surface area contributed by atoms with Gasteiger partial charge in [0.25, 0.3) is 0 Å². The van der Waals surface area contributed by atoms with E-state index in [-0.39, 0.29) is 12.6 Å². The maximum absolute atomic E-state index is 9.17. The highest BCUT2D eigenvalue weighted by molar-refractivity contribution is 5.58. The molecule has 0 aliphatic rings. The summed E-state index contributed by atoms with van der Waals surface area (Å²) in [4.78, 5) is 4.46. The monoisotopic (exact) mass is 297 g/mol. The molecule has 0 aliphatic carbocycles. The summed E-state index contributed by atoms with van der Waals surface area (Å²) in [6.07, 6.45) is 0. The highest BCUT2D eigenvalue weighted by atomic mass is 16.3. The first-order chi connectivity index (χ1) is 10.7. The summed E-state index contributed by atoms with van der Waals surface area (Å²) in [5.41, 5.74) is 2.89. The molecular weight excluding hydrogens is 278 g/mol. The van der Waals surface area contributed by atoms with Crippen LogP contribution in [0.25, 0.3) is 5.65 Å². The van der Waals surface area contributed by atoms with Gasteiger partial charge in [0.2, 0.25) is 5.95 Å². The van der Waals surface area contributed by atoms with Crippen LogP contribution in [-0.2, 0) is 0 Å². The Morgan fingerprint density at radius 3 is 2.68 bits per heavy atom. The first-order valence-electron chi connectivity index (χ1n) is 7.22. The van der Waals surface area contributed by atoms with Gasteiger partial charge in [0.05, 0.1) is 6.61 Å². The van der Waals surface area contributed by atoms with E-state index in [4.69, 9.17) is 0 Å². The summed E-state index contributed by atoms with van der Waals surface area (Å²) in [6, 6.07) is 13.7. The van der Waals surface area contributed by atoms with E-state index in [0.717, 1.165) is 17.2 Å². The van der Waals surface area contributed by atoms with Crippen molar-refractivity contribution in [3.63, 3.8) is 0 Å². The number of aryl methyl sites for hydroxylation is 1. The Balaban J connectivity index is 1.89. The van der Waals surface area contributed by atoms with Gasteiger partial charge < -0.3 is 15.7 Å². The topological polar surface area (TPSA) is 74.5 Å². The minimum absolute atomic E-state index is 0.0525. The number of hydrogen-bond acceptors (Lipinski definition) is 5. The van der Waals surface area contributed by atoms with Crippen LogP contribution in [0.4, 0.5) is 17.5 Å². The molecule has 0 unspecified atom stereocenters. The summed E-state index contributed by atoms with van der Waals surface area (Å²) in [5.74, 6) is 1.33. The number of rotatable bonds is 5. The molecule has 0 spiro atoms. The fourth-order valence-electron chi connectivity index (χ4n) is 2.13. The molecule has 6 heteroatoms. The third-order valence-electron chi connectivity index (χ3n) is 3.34. The molecule has 0 aliphatic heterocycles. The standard InChI is InChI=1S/C16H19N5O/c1-11-6-8-13(9-7-11)18-16-19-15-5-3-4-14(21(15)20-16)17-12(2)10-22/h3-9,12,17,22H,10H2,1-2H3,(H,18,20)/t12-/m0/s1. The Morgan fingerprint density at radius 1 is 1.18 bits per heavy atom. The molecule has 6 nitrogen and oxygen atoms in total. The van der Waals surface area contributed by atoms with Crippen molar-refractivity contribution >= 4 is 23.1 Å². The van der Waals surface area contributed by atoms with Gasteiger partial charge in [-0.05, 0) is 38.1 Å². The fourth-order valence-corrected chi connectivity index (χ4v) is 2.13. The van der Waals surface area contributed by atoms with E-state index in [0.29, 0.717) is 5.95 Å². The van der Waals surface area contributed by atoms with Crippen LogP contribution >= 0.6 is 0 Å². The lowest BCUT2D eigenvalue weighted by Crippen LogP contribution is -2.21. The van der Waals surface area contributed by atoms with Crippen LogP contribution < -0.4 is 10.6 Å². The fraction of sp³-hybridized carbons (Fsp3) is 0.250. The lowest BCUT2D eigenvalue weighted by Gasteiger charge is -2.12. The molecule has 114 valence electrons. The number of aliphatic hydroxyl groups excluding tert-OH is 1. The normalized spacial score (nSPS) is 12.3. The molecule has 1 atom stereocenters. The minimum Gasteiger partial charge on any atom is -0.394 e. The van der Waals surface area contributed by atoms with Crippen molar-refractivity contribution in [2.45, 2.75) is 19.9 Å². The summed E-state index contributed by atoms with van der Waals surface area (Å²) >= 11 is 0. The number of aromatic nitrogens is 3. The van der Waals surface area contributed by atoms with Crippen LogP contribution in [-0.4, -0.2) is 32.4 Å². The number of benzene rings is 1. The van der Waals surface area contributed by atoms with E-state index in [9.17, 15) is 5.11 Å². The molecule has 2 heterocycles. The summed E-state index contributed by atoms with van der Waals surface area (Å²) in [7, 11) is 0. The first-order valence-corrected chi connectivity index (χ1v) is 7.22. The number of aliphatic hydroxyl groups is 1. The molecule has 22 heavy (non-hydrogen) atoms. The Labute approximate surface area is 128 Å². The maximum Gasteiger partial charge on any atom is 0.247 e. The largest absolute Gasteiger partial charge is 0.394 e. The summed E-state index contributed by atoms with van der Waals surface area (Å²) in [6.45, 7) is 4.01. The average Bonchev–Trinajstić information content (AvgIpc) is 2.93. The zero-order valence-corrected chi connectivity index (χ0v) is 12.6. The molecule has 0 radical (unpaired) electrons. The van der Waals surface area contributed by atoms with Crippen LogP contribution in [0.1, 0.15) is 12.5 Å². The molecular formula is C16H19N5O. The Bertz CT molecular complexity index is 766. The number of hydrogen-bond donors (Lipinski definition) is 3. The van der Waals surface area contributed by atoms with Crippen molar-refractivity contribution in [3.8, 4) is 0 Å². The SMILES string of the molecule is Cc1ccc(Nc2nc3cccc(N[C@@H](C)CO)n3n2)cc1. The molecule has 0 saturated carbocycles. The van der Waals surface area contributed by atoms with Gasteiger partial charge in [-0.15, -0.1) is 5.10 Å². The van der Waals surface area contributed by atoms with Crippen molar-refractivity contribution in [3.05, 3.63) is 48.0 Å². The predicted octanol–water partition coefficient (Wildman–Crippen LogP) is 2.57. The summed E-state index contributed by atoms with van der Waals surface area (Å²) in [5, 5.41) is 20.0. The van der Waals surface area contributed by atoms with Crippen molar-refractivity contribution in [1.29, 1.82) is 0 Å². The quantitative estimate of drug-likeness (QED) is 0.675. The predicted molar refractivity (Wildman–Crippen MR) is 87.6 cm³/mol. The third kappa shape index (κ3) is 3.01. The van der Waals surface area contributed by atoms with Gasteiger partial charge in [0.1, 0.15) is 5.82 Å². The van der Waals surface area contributed by atoms with Gasteiger partial charge in [-0.3, -0.25) is 0 Å². The van der Waals surface area contributed by atoms with Crippen molar-refractivity contribution in [1.82, 2.24) is 14.6 Å². The molecule has 3 aromatic rings. The highest BCUT2D eigenvalue weighted by Crippen LogP contribution is 2.17.